The first-order valence-electron chi connectivity index (χ1n) is 6.66. The number of fused-ring (bicyclic) bond motifs is 1. The predicted octanol–water partition coefficient (Wildman–Crippen LogP) is 3.06. The van der Waals surface area contributed by atoms with Crippen molar-refractivity contribution in [2.24, 2.45) is 0 Å². The number of nitrogens with zero attached hydrogens (tertiary/aromatic N) is 1. The summed E-state index contributed by atoms with van der Waals surface area (Å²) in [6.45, 7) is 0.435. The molecule has 1 aliphatic heterocycles. The van der Waals surface area contributed by atoms with Crippen molar-refractivity contribution in [2.75, 3.05) is 16.6 Å². The molecule has 0 aromatic heterocycles. The molecule has 0 saturated carbocycles. The van der Waals surface area contributed by atoms with Crippen molar-refractivity contribution in [3.8, 4) is 0 Å². The van der Waals surface area contributed by atoms with Crippen LogP contribution in [0.2, 0.25) is 5.02 Å². The zero-order valence-electron chi connectivity index (χ0n) is 11.3. The van der Waals surface area contributed by atoms with Crippen molar-refractivity contribution in [3.05, 3.63) is 53.1 Å². The molecule has 0 fully saturated rings. The van der Waals surface area contributed by atoms with Crippen molar-refractivity contribution in [3.63, 3.8) is 0 Å². The summed E-state index contributed by atoms with van der Waals surface area (Å²) in [5, 5.41) is 0.230. The van der Waals surface area contributed by atoms with Crippen LogP contribution in [0.4, 0.5) is 11.4 Å². The van der Waals surface area contributed by atoms with Crippen molar-refractivity contribution in [1.29, 1.82) is 0 Å². The van der Waals surface area contributed by atoms with Gasteiger partial charge in [-0.1, -0.05) is 29.8 Å². The third kappa shape index (κ3) is 2.36. The number of halogens is 1. The molecular weight excluding hydrogens is 308 g/mol. The van der Waals surface area contributed by atoms with E-state index in [1.165, 1.54) is 10.4 Å². The van der Waals surface area contributed by atoms with Gasteiger partial charge in [0.2, 0.25) is 0 Å². The summed E-state index contributed by atoms with van der Waals surface area (Å²) >= 11 is 6.06. The van der Waals surface area contributed by atoms with Crippen molar-refractivity contribution < 1.29 is 8.42 Å². The summed E-state index contributed by atoms with van der Waals surface area (Å²) in [6.07, 6.45) is 1.53. The van der Waals surface area contributed by atoms with Crippen molar-refractivity contribution in [2.45, 2.75) is 17.7 Å². The van der Waals surface area contributed by atoms with E-state index in [1.54, 1.807) is 36.4 Å². The van der Waals surface area contributed by atoms with E-state index < -0.39 is 10.0 Å². The van der Waals surface area contributed by atoms with Gasteiger partial charge in [0.15, 0.2) is 0 Å². The maximum absolute atomic E-state index is 12.9. The fourth-order valence-corrected chi connectivity index (χ4v) is 4.67. The Morgan fingerprint density at radius 3 is 2.62 bits per heavy atom. The number of hydrogen-bond acceptors (Lipinski definition) is 3. The molecule has 6 heteroatoms. The second kappa shape index (κ2) is 5.24. The van der Waals surface area contributed by atoms with Gasteiger partial charge >= 0.3 is 0 Å². The molecule has 0 aliphatic carbocycles. The van der Waals surface area contributed by atoms with Crippen LogP contribution in [0.1, 0.15) is 12.0 Å². The van der Waals surface area contributed by atoms with Crippen LogP contribution in [-0.2, 0) is 16.4 Å². The third-order valence-corrected chi connectivity index (χ3v) is 5.96. The summed E-state index contributed by atoms with van der Waals surface area (Å²) in [4.78, 5) is 0.127. The number of benzene rings is 2. The molecular formula is C15H15ClN2O2S. The zero-order valence-corrected chi connectivity index (χ0v) is 12.9. The van der Waals surface area contributed by atoms with E-state index in [-0.39, 0.29) is 9.92 Å². The minimum absolute atomic E-state index is 0.127. The van der Waals surface area contributed by atoms with Gasteiger partial charge in [-0.3, -0.25) is 4.31 Å². The molecule has 1 aliphatic rings. The monoisotopic (exact) mass is 322 g/mol. The van der Waals surface area contributed by atoms with E-state index in [1.807, 2.05) is 0 Å². The van der Waals surface area contributed by atoms with Crippen LogP contribution in [-0.4, -0.2) is 15.0 Å². The Kier molecular flexibility index (Phi) is 3.55. The largest absolute Gasteiger partial charge is 0.398 e. The Morgan fingerprint density at radius 2 is 1.86 bits per heavy atom. The Labute approximate surface area is 129 Å². The minimum atomic E-state index is -3.68. The number of anilines is 2. The van der Waals surface area contributed by atoms with Crippen LogP contribution in [0.3, 0.4) is 0 Å². The Balaban J connectivity index is 2.15. The van der Waals surface area contributed by atoms with Crippen LogP contribution in [0.15, 0.2) is 47.4 Å². The van der Waals surface area contributed by atoms with E-state index in [0.717, 1.165) is 18.4 Å². The highest BCUT2D eigenvalue weighted by atomic mass is 35.5. The fourth-order valence-electron chi connectivity index (χ4n) is 2.64. The Morgan fingerprint density at radius 1 is 1.10 bits per heavy atom. The molecule has 0 radical (unpaired) electrons. The van der Waals surface area contributed by atoms with Gasteiger partial charge in [0.1, 0.15) is 4.90 Å². The number of rotatable bonds is 2. The lowest BCUT2D eigenvalue weighted by atomic mass is 10.0. The molecule has 1 heterocycles. The molecule has 2 aromatic rings. The first kappa shape index (κ1) is 14.2. The molecule has 0 unspecified atom stereocenters. The van der Waals surface area contributed by atoms with Gasteiger partial charge < -0.3 is 5.73 Å². The van der Waals surface area contributed by atoms with E-state index in [0.29, 0.717) is 17.9 Å². The van der Waals surface area contributed by atoms with Gasteiger partial charge in [-0.15, -0.1) is 0 Å². The first-order valence-corrected chi connectivity index (χ1v) is 8.48. The Hall–Kier alpha value is -1.72. The van der Waals surface area contributed by atoms with E-state index in [2.05, 4.69) is 0 Å². The van der Waals surface area contributed by atoms with E-state index in [9.17, 15) is 8.42 Å². The van der Waals surface area contributed by atoms with E-state index in [4.69, 9.17) is 17.3 Å². The minimum Gasteiger partial charge on any atom is -0.398 e. The standard InChI is InChI=1S/C15H15ClN2O2S/c16-12-6-1-2-9-15(12)21(19,20)18-10-4-5-11-13(17)7-3-8-14(11)18/h1-3,6-9H,4-5,10,17H2. The third-order valence-electron chi connectivity index (χ3n) is 3.65. The molecule has 0 amide bonds. The molecule has 2 aromatic carbocycles. The number of hydrogen-bond donors (Lipinski definition) is 1. The average molecular weight is 323 g/mol. The van der Waals surface area contributed by atoms with Crippen LogP contribution < -0.4 is 10.0 Å². The maximum Gasteiger partial charge on any atom is 0.265 e. The summed E-state index contributed by atoms with van der Waals surface area (Å²) in [5.41, 5.74) is 8.14. The molecule has 3 rings (SSSR count). The smallest absolute Gasteiger partial charge is 0.265 e. The van der Waals surface area contributed by atoms with Crippen LogP contribution >= 0.6 is 11.6 Å². The number of nitrogen functional groups attached to an aromatic ring is 1. The number of sulfonamides is 1. The van der Waals surface area contributed by atoms with Gasteiger partial charge in [0.25, 0.3) is 10.0 Å². The topological polar surface area (TPSA) is 63.4 Å². The second-order valence-corrected chi connectivity index (χ2v) is 7.19. The van der Waals surface area contributed by atoms with Gasteiger partial charge in [-0.05, 0) is 42.7 Å². The summed E-state index contributed by atoms with van der Waals surface area (Å²) in [7, 11) is -3.68. The SMILES string of the molecule is Nc1cccc2c1CCCN2S(=O)(=O)c1ccccc1Cl. The van der Waals surface area contributed by atoms with Crippen molar-refractivity contribution in [1.82, 2.24) is 0 Å². The molecule has 110 valence electrons. The van der Waals surface area contributed by atoms with Gasteiger partial charge in [0, 0.05) is 12.2 Å². The van der Waals surface area contributed by atoms with Crippen LogP contribution in [0.5, 0.6) is 0 Å². The van der Waals surface area contributed by atoms with Gasteiger partial charge in [-0.25, -0.2) is 8.42 Å². The Bertz CT molecular complexity index is 790. The molecule has 21 heavy (non-hydrogen) atoms. The molecule has 0 spiro atoms. The molecule has 0 bridgehead atoms. The van der Waals surface area contributed by atoms with Gasteiger partial charge in [0.05, 0.1) is 10.7 Å². The zero-order chi connectivity index (χ0) is 15.0. The van der Waals surface area contributed by atoms with Crippen molar-refractivity contribution >= 4 is 33.0 Å². The molecule has 0 atom stereocenters. The van der Waals surface area contributed by atoms with Crippen LogP contribution in [0, 0.1) is 0 Å². The first-order chi connectivity index (χ1) is 10.0. The molecule has 2 N–H and O–H groups in total. The summed E-state index contributed by atoms with van der Waals surface area (Å²) in [5.74, 6) is 0. The highest BCUT2D eigenvalue weighted by Crippen LogP contribution is 2.36. The normalized spacial score (nSPS) is 14.8. The van der Waals surface area contributed by atoms with Crippen LogP contribution in [0.25, 0.3) is 0 Å². The summed E-state index contributed by atoms with van der Waals surface area (Å²) < 4.78 is 27.2. The number of nitrogens with two attached hydrogens (primary N) is 1. The van der Waals surface area contributed by atoms with E-state index >= 15 is 0 Å². The lowest BCUT2D eigenvalue weighted by Crippen LogP contribution is -2.35. The molecule has 0 saturated heterocycles. The maximum atomic E-state index is 12.9. The molecule has 4 nitrogen and oxygen atoms in total. The second-order valence-electron chi connectivity index (χ2n) is 4.96. The lowest BCUT2D eigenvalue weighted by Gasteiger charge is -2.31. The quantitative estimate of drug-likeness (QED) is 0.864. The van der Waals surface area contributed by atoms with Gasteiger partial charge in [-0.2, -0.15) is 0 Å². The fraction of sp³-hybridized carbons (Fsp3) is 0.200. The highest BCUT2D eigenvalue weighted by molar-refractivity contribution is 7.93. The highest BCUT2D eigenvalue weighted by Gasteiger charge is 2.31. The lowest BCUT2D eigenvalue weighted by molar-refractivity contribution is 0.587. The summed E-state index contributed by atoms with van der Waals surface area (Å²) in [6, 6.07) is 11.8. The average Bonchev–Trinajstić information content (AvgIpc) is 2.47. The predicted molar refractivity (Wildman–Crippen MR) is 85.2 cm³/mol.